The number of rotatable bonds is 2. The largest absolute Gasteiger partial charge is 0.461 e. The molecular formula is C11H17NO4. The van der Waals surface area contributed by atoms with Gasteiger partial charge in [-0.15, -0.1) is 0 Å². The molecular weight excluding hydrogens is 210 g/mol. The number of fused-ring (bicyclic) bond motifs is 1. The third-order valence-electron chi connectivity index (χ3n) is 3.24. The molecule has 0 spiro atoms. The van der Waals surface area contributed by atoms with Crippen LogP contribution >= 0.6 is 0 Å². The van der Waals surface area contributed by atoms with E-state index < -0.39 is 11.8 Å². The van der Waals surface area contributed by atoms with Gasteiger partial charge in [0.15, 0.2) is 5.71 Å². The quantitative estimate of drug-likeness (QED) is 0.720. The van der Waals surface area contributed by atoms with Crippen molar-refractivity contribution in [1.82, 2.24) is 0 Å². The van der Waals surface area contributed by atoms with Gasteiger partial charge in [-0.05, 0) is 19.8 Å². The number of oxime groups is 1. The molecule has 2 atom stereocenters. The summed E-state index contributed by atoms with van der Waals surface area (Å²) in [4.78, 5) is 16.6. The second kappa shape index (κ2) is 4.41. The Morgan fingerprint density at radius 3 is 3.25 bits per heavy atom. The second-order valence-corrected chi connectivity index (χ2v) is 4.34. The Labute approximate surface area is 94.4 Å². The molecule has 16 heavy (non-hydrogen) atoms. The number of ether oxygens (including phenoxy) is 1. The van der Waals surface area contributed by atoms with Gasteiger partial charge < -0.3 is 14.7 Å². The van der Waals surface area contributed by atoms with Gasteiger partial charge in [0.1, 0.15) is 0 Å². The number of carbonyl (C=O) groups is 1. The fraction of sp³-hybridized carbons (Fsp3) is 0.818. The third kappa shape index (κ3) is 2.04. The van der Waals surface area contributed by atoms with E-state index >= 15 is 0 Å². The fourth-order valence-corrected chi connectivity index (χ4v) is 2.32. The van der Waals surface area contributed by atoms with Gasteiger partial charge in [0.2, 0.25) is 5.79 Å². The molecule has 1 heterocycles. The van der Waals surface area contributed by atoms with Gasteiger partial charge in [0.05, 0.1) is 6.61 Å². The molecule has 0 aromatic heterocycles. The van der Waals surface area contributed by atoms with Crippen molar-refractivity contribution in [2.45, 2.75) is 44.8 Å². The summed E-state index contributed by atoms with van der Waals surface area (Å²) in [6, 6.07) is 0. The van der Waals surface area contributed by atoms with Gasteiger partial charge in [-0.2, -0.15) is 0 Å². The zero-order chi connectivity index (χ0) is 11.6. The van der Waals surface area contributed by atoms with Crippen molar-refractivity contribution < 1.29 is 19.5 Å². The van der Waals surface area contributed by atoms with Crippen LogP contribution in [-0.2, 0) is 14.4 Å². The first-order valence-electron chi connectivity index (χ1n) is 5.80. The number of nitrogens with zero attached hydrogens (tertiary/aromatic N) is 1. The topological polar surface area (TPSA) is 68.1 Å². The molecule has 1 aliphatic heterocycles. The third-order valence-corrected chi connectivity index (χ3v) is 3.24. The number of hydrogen-bond acceptors (Lipinski definition) is 5. The van der Waals surface area contributed by atoms with Gasteiger partial charge in [0.25, 0.3) is 0 Å². The van der Waals surface area contributed by atoms with Gasteiger partial charge in [-0.25, -0.2) is 4.79 Å². The molecule has 0 amide bonds. The summed E-state index contributed by atoms with van der Waals surface area (Å²) in [6.07, 6.45) is 3.92. The first kappa shape index (κ1) is 11.4. The van der Waals surface area contributed by atoms with E-state index in [0.29, 0.717) is 25.2 Å². The molecule has 0 aromatic rings. The molecule has 1 aliphatic carbocycles. The van der Waals surface area contributed by atoms with Crippen molar-refractivity contribution in [3.05, 3.63) is 0 Å². The summed E-state index contributed by atoms with van der Waals surface area (Å²) >= 11 is 0. The van der Waals surface area contributed by atoms with Gasteiger partial charge in [-0.1, -0.05) is 11.6 Å². The van der Waals surface area contributed by atoms with Crippen LogP contribution in [0.25, 0.3) is 0 Å². The molecule has 0 bridgehead atoms. The number of aliphatic hydroxyl groups is 1. The van der Waals surface area contributed by atoms with E-state index in [1.54, 1.807) is 6.92 Å². The summed E-state index contributed by atoms with van der Waals surface area (Å²) in [5.74, 6) is -1.62. The molecule has 2 aliphatic rings. The van der Waals surface area contributed by atoms with Gasteiger partial charge >= 0.3 is 5.97 Å². The van der Waals surface area contributed by atoms with Crippen molar-refractivity contribution in [2.75, 3.05) is 6.61 Å². The first-order valence-corrected chi connectivity index (χ1v) is 5.80. The molecule has 0 aromatic carbocycles. The molecule has 2 rings (SSSR count). The predicted octanol–water partition coefficient (Wildman–Crippen LogP) is 1.20. The average Bonchev–Trinajstić information content (AvgIpc) is 2.28. The Balaban J connectivity index is 2.07. The molecule has 0 saturated heterocycles. The Morgan fingerprint density at radius 1 is 1.69 bits per heavy atom. The zero-order valence-corrected chi connectivity index (χ0v) is 9.44. The summed E-state index contributed by atoms with van der Waals surface area (Å²) < 4.78 is 4.86. The Kier molecular flexibility index (Phi) is 3.14. The van der Waals surface area contributed by atoms with Crippen LogP contribution in [0, 0.1) is 5.92 Å². The van der Waals surface area contributed by atoms with Crippen LogP contribution in [0.4, 0.5) is 0 Å². The SMILES string of the molecule is CCOC(=O)C1=NOC2(O)CCCC[C@H]2C1. The Morgan fingerprint density at radius 2 is 2.50 bits per heavy atom. The fourth-order valence-electron chi connectivity index (χ4n) is 2.32. The van der Waals surface area contributed by atoms with Crippen LogP contribution in [0.5, 0.6) is 0 Å². The lowest BCUT2D eigenvalue weighted by Crippen LogP contribution is -2.47. The van der Waals surface area contributed by atoms with Gasteiger partial charge in [-0.3, -0.25) is 0 Å². The second-order valence-electron chi connectivity index (χ2n) is 4.34. The maximum Gasteiger partial charge on any atom is 0.356 e. The minimum Gasteiger partial charge on any atom is -0.461 e. The van der Waals surface area contributed by atoms with Crippen LogP contribution < -0.4 is 0 Å². The van der Waals surface area contributed by atoms with E-state index in [1.807, 2.05) is 0 Å². The molecule has 1 N–H and O–H groups in total. The van der Waals surface area contributed by atoms with E-state index in [9.17, 15) is 9.90 Å². The molecule has 5 heteroatoms. The molecule has 0 radical (unpaired) electrons. The summed E-state index contributed by atoms with van der Waals surface area (Å²) in [5, 5.41) is 13.8. The van der Waals surface area contributed by atoms with Crippen molar-refractivity contribution in [1.29, 1.82) is 0 Å². The highest BCUT2D eigenvalue weighted by molar-refractivity contribution is 6.36. The molecule has 1 saturated carbocycles. The molecule has 90 valence electrons. The van der Waals surface area contributed by atoms with Crippen molar-refractivity contribution in [2.24, 2.45) is 11.1 Å². The van der Waals surface area contributed by atoms with Gasteiger partial charge in [0, 0.05) is 18.8 Å². The molecule has 1 unspecified atom stereocenters. The number of carbonyl (C=O) groups excluding carboxylic acids is 1. The predicted molar refractivity (Wildman–Crippen MR) is 56.7 cm³/mol. The average molecular weight is 227 g/mol. The van der Waals surface area contributed by atoms with Crippen molar-refractivity contribution >= 4 is 11.7 Å². The van der Waals surface area contributed by atoms with E-state index in [4.69, 9.17) is 9.57 Å². The highest BCUT2D eigenvalue weighted by atomic mass is 16.7. The van der Waals surface area contributed by atoms with E-state index in [-0.39, 0.29) is 5.92 Å². The summed E-state index contributed by atoms with van der Waals surface area (Å²) in [6.45, 7) is 2.08. The van der Waals surface area contributed by atoms with E-state index in [0.717, 1.165) is 19.3 Å². The number of esters is 1. The Hall–Kier alpha value is -1.10. The maximum atomic E-state index is 11.5. The van der Waals surface area contributed by atoms with Crippen LogP contribution in [0.3, 0.4) is 0 Å². The number of hydrogen-bond donors (Lipinski definition) is 1. The highest BCUT2D eigenvalue weighted by Crippen LogP contribution is 2.39. The summed E-state index contributed by atoms with van der Waals surface area (Å²) in [7, 11) is 0. The normalized spacial score (nSPS) is 33.4. The lowest BCUT2D eigenvalue weighted by atomic mass is 9.79. The van der Waals surface area contributed by atoms with Crippen LogP contribution in [-0.4, -0.2) is 29.2 Å². The smallest absolute Gasteiger partial charge is 0.356 e. The monoisotopic (exact) mass is 227 g/mol. The maximum absolute atomic E-state index is 11.5. The Bertz CT molecular complexity index is 315. The first-order chi connectivity index (χ1) is 7.65. The van der Waals surface area contributed by atoms with E-state index in [2.05, 4.69) is 5.16 Å². The minimum atomic E-state index is -1.16. The van der Waals surface area contributed by atoms with Crippen molar-refractivity contribution in [3.8, 4) is 0 Å². The molecule has 5 nitrogen and oxygen atoms in total. The lowest BCUT2D eigenvalue weighted by Gasteiger charge is -2.39. The van der Waals surface area contributed by atoms with Crippen molar-refractivity contribution in [3.63, 3.8) is 0 Å². The summed E-state index contributed by atoms with van der Waals surface area (Å²) in [5.41, 5.74) is 0.290. The van der Waals surface area contributed by atoms with E-state index in [1.165, 1.54) is 0 Å². The minimum absolute atomic E-state index is 0.0295. The highest BCUT2D eigenvalue weighted by Gasteiger charge is 2.45. The van der Waals surface area contributed by atoms with Crippen LogP contribution in [0.15, 0.2) is 5.16 Å². The standard InChI is InChI=1S/C11H17NO4/c1-2-15-10(13)9-7-8-5-3-4-6-11(8,14)16-12-9/h8,14H,2-7H2,1H3/t8-,11?/m0/s1. The molecule has 1 fully saturated rings. The lowest BCUT2D eigenvalue weighted by molar-refractivity contribution is -0.257. The zero-order valence-electron chi connectivity index (χ0n) is 9.44. The van der Waals surface area contributed by atoms with Crippen LogP contribution in [0.2, 0.25) is 0 Å². The van der Waals surface area contributed by atoms with Crippen LogP contribution in [0.1, 0.15) is 39.0 Å².